The Bertz CT molecular complexity index is 206. The van der Waals surface area contributed by atoms with Crippen LogP contribution in [-0.2, 0) is 4.74 Å². The Balaban J connectivity index is 3.80. The molecule has 15 heavy (non-hydrogen) atoms. The maximum absolute atomic E-state index is 11.2. The van der Waals surface area contributed by atoms with Crippen molar-refractivity contribution in [3.8, 4) is 0 Å². The number of amides is 1. The molecule has 0 saturated heterocycles. The SMILES string of the molecule is CCCCOC(=O)NC(=S)N(CC)CC. The van der Waals surface area contributed by atoms with Crippen LogP contribution in [0.15, 0.2) is 0 Å². The number of nitrogens with zero attached hydrogens (tertiary/aromatic N) is 1. The summed E-state index contributed by atoms with van der Waals surface area (Å²) in [5.74, 6) is 0. The number of carbonyl (C=O) groups excluding carboxylic acids is 1. The van der Waals surface area contributed by atoms with Gasteiger partial charge in [-0.15, -0.1) is 0 Å². The molecule has 0 aromatic rings. The molecule has 0 radical (unpaired) electrons. The largest absolute Gasteiger partial charge is 0.449 e. The van der Waals surface area contributed by atoms with Crippen LogP contribution in [-0.4, -0.2) is 35.8 Å². The van der Waals surface area contributed by atoms with Crippen LogP contribution in [0.1, 0.15) is 33.6 Å². The Hall–Kier alpha value is -0.840. The molecular weight excluding hydrogens is 212 g/mol. The molecule has 1 N–H and O–H groups in total. The predicted octanol–water partition coefficient (Wildman–Crippen LogP) is 2.14. The van der Waals surface area contributed by atoms with E-state index in [9.17, 15) is 4.79 Å². The van der Waals surface area contributed by atoms with Gasteiger partial charge in [0.05, 0.1) is 6.61 Å². The molecule has 0 bridgehead atoms. The first-order valence-electron chi connectivity index (χ1n) is 5.38. The van der Waals surface area contributed by atoms with E-state index in [2.05, 4.69) is 5.32 Å². The van der Waals surface area contributed by atoms with E-state index in [1.807, 2.05) is 25.7 Å². The Morgan fingerprint density at radius 2 is 1.93 bits per heavy atom. The van der Waals surface area contributed by atoms with Crippen LogP contribution in [0.4, 0.5) is 4.79 Å². The fourth-order valence-corrected chi connectivity index (χ4v) is 1.36. The molecule has 0 aromatic carbocycles. The summed E-state index contributed by atoms with van der Waals surface area (Å²) in [4.78, 5) is 13.1. The highest BCUT2D eigenvalue weighted by atomic mass is 32.1. The summed E-state index contributed by atoms with van der Waals surface area (Å²) in [7, 11) is 0. The molecule has 0 unspecified atom stereocenters. The van der Waals surface area contributed by atoms with Crippen LogP contribution in [0.3, 0.4) is 0 Å². The fraction of sp³-hybridized carbons (Fsp3) is 0.800. The van der Waals surface area contributed by atoms with Gasteiger partial charge in [-0.1, -0.05) is 13.3 Å². The van der Waals surface area contributed by atoms with Crippen molar-refractivity contribution in [2.24, 2.45) is 0 Å². The van der Waals surface area contributed by atoms with Gasteiger partial charge in [-0.25, -0.2) is 4.79 Å². The highest BCUT2D eigenvalue weighted by molar-refractivity contribution is 7.80. The summed E-state index contributed by atoms with van der Waals surface area (Å²) in [5, 5.41) is 2.97. The highest BCUT2D eigenvalue weighted by Crippen LogP contribution is 1.92. The number of nitrogens with one attached hydrogen (secondary N) is 1. The molecule has 0 aliphatic heterocycles. The van der Waals surface area contributed by atoms with Crippen molar-refractivity contribution in [1.82, 2.24) is 10.2 Å². The van der Waals surface area contributed by atoms with Crippen LogP contribution in [0.2, 0.25) is 0 Å². The second kappa shape index (κ2) is 8.47. The summed E-state index contributed by atoms with van der Waals surface area (Å²) < 4.78 is 4.93. The molecule has 0 atom stereocenters. The van der Waals surface area contributed by atoms with Gasteiger partial charge in [0, 0.05) is 13.1 Å². The van der Waals surface area contributed by atoms with Gasteiger partial charge >= 0.3 is 6.09 Å². The number of alkyl carbamates (subject to hydrolysis) is 1. The first-order valence-corrected chi connectivity index (χ1v) is 5.79. The van der Waals surface area contributed by atoms with Crippen molar-refractivity contribution >= 4 is 23.4 Å². The molecule has 1 amide bonds. The first-order chi connectivity index (χ1) is 7.15. The third-order valence-electron chi connectivity index (χ3n) is 1.99. The van der Waals surface area contributed by atoms with E-state index in [1.165, 1.54) is 0 Å². The van der Waals surface area contributed by atoms with E-state index >= 15 is 0 Å². The average Bonchev–Trinajstić information content (AvgIpc) is 2.20. The normalized spacial score (nSPS) is 9.53. The molecule has 0 heterocycles. The monoisotopic (exact) mass is 232 g/mol. The van der Waals surface area contributed by atoms with E-state index in [4.69, 9.17) is 17.0 Å². The Kier molecular flexibility index (Phi) is 7.99. The van der Waals surface area contributed by atoms with Gasteiger partial charge in [0.25, 0.3) is 0 Å². The third-order valence-corrected chi connectivity index (χ3v) is 2.35. The summed E-state index contributed by atoms with van der Waals surface area (Å²) in [5.41, 5.74) is 0. The van der Waals surface area contributed by atoms with Crippen LogP contribution in [0, 0.1) is 0 Å². The first kappa shape index (κ1) is 14.2. The maximum Gasteiger partial charge on any atom is 0.413 e. The quantitative estimate of drug-likeness (QED) is 0.582. The average molecular weight is 232 g/mol. The van der Waals surface area contributed by atoms with E-state index in [0.29, 0.717) is 11.7 Å². The van der Waals surface area contributed by atoms with Crippen LogP contribution < -0.4 is 5.32 Å². The molecule has 4 nitrogen and oxygen atoms in total. The van der Waals surface area contributed by atoms with Gasteiger partial charge in [-0.05, 0) is 32.5 Å². The molecule has 88 valence electrons. The van der Waals surface area contributed by atoms with Crippen molar-refractivity contribution in [3.63, 3.8) is 0 Å². The molecule has 0 spiro atoms. The fourth-order valence-electron chi connectivity index (χ4n) is 1.02. The Morgan fingerprint density at radius 3 is 2.40 bits per heavy atom. The lowest BCUT2D eigenvalue weighted by atomic mass is 10.4. The van der Waals surface area contributed by atoms with Gasteiger partial charge in [-0.2, -0.15) is 0 Å². The molecule has 0 saturated carbocycles. The molecule has 0 rings (SSSR count). The van der Waals surface area contributed by atoms with E-state index in [1.54, 1.807) is 0 Å². The van der Waals surface area contributed by atoms with Crippen LogP contribution in [0.25, 0.3) is 0 Å². The molecule has 0 aliphatic carbocycles. The van der Waals surface area contributed by atoms with Crippen LogP contribution in [0.5, 0.6) is 0 Å². The number of hydrogen-bond acceptors (Lipinski definition) is 3. The molecule has 0 aromatic heterocycles. The number of rotatable bonds is 5. The predicted molar refractivity (Wildman–Crippen MR) is 64.9 cm³/mol. The zero-order valence-electron chi connectivity index (χ0n) is 9.71. The number of hydrogen-bond donors (Lipinski definition) is 1. The van der Waals surface area contributed by atoms with E-state index in [-0.39, 0.29) is 0 Å². The zero-order valence-corrected chi connectivity index (χ0v) is 10.5. The van der Waals surface area contributed by atoms with Gasteiger partial charge in [0.15, 0.2) is 5.11 Å². The lowest BCUT2D eigenvalue weighted by Gasteiger charge is -2.21. The third kappa shape index (κ3) is 6.28. The Morgan fingerprint density at radius 1 is 1.33 bits per heavy atom. The summed E-state index contributed by atoms with van der Waals surface area (Å²) in [6.45, 7) is 8.03. The molecule has 0 aliphatic rings. The summed E-state index contributed by atoms with van der Waals surface area (Å²) in [6, 6.07) is 0. The van der Waals surface area contributed by atoms with Gasteiger partial charge in [0.1, 0.15) is 0 Å². The Labute approximate surface area is 97.0 Å². The lowest BCUT2D eigenvalue weighted by molar-refractivity contribution is 0.149. The standard InChI is InChI=1S/C10H20N2O2S/c1-4-7-8-14-10(13)11-9(15)12(5-2)6-3/h4-8H2,1-3H3,(H,11,13,15). The maximum atomic E-state index is 11.2. The number of ether oxygens (including phenoxy) is 1. The number of thiocarbonyl (C=S) groups is 1. The minimum absolute atomic E-state index is 0.432. The second-order valence-corrected chi connectivity index (χ2v) is 3.48. The van der Waals surface area contributed by atoms with E-state index < -0.39 is 6.09 Å². The number of carbonyl (C=O) groups is 1. The zero-order chi connectivity index (χ0) is 11.7. The van der Waals surface area contributed by atoms with Crippen molar-refractivity contribution in [1.29, 1.82) is 0 Å². The molecular formula is C10H20N2O2S. The lowest BCUT2D eigenvalue weighted by Crippen LogP contribution is -2.42. The van der Waals surface area contributed by atoms with Crippen molar-refractivity contribution in [2.45, 2.75) is 33.6 Å². The van der Waals surface area contributed by atoms with Gasteiger partial charge < -0.3 is 9.64 Å². The molecule has 0 fully saturated rings. The minimum atomic E-state index is -0.458. The highest BCUT2D eigenvalue weighted by Gasteiger charge is 2.09. The van der Waals surface area contributed by atoms with Gasteiger partial charge in [0.2, 0.25) is 0 Å². The topological polar surface area (TPSA) is 41.6 Å². The smallest absolute Gasteiger partial charge is 0.413 e. The minimum Gasteiger partial charge on any atom is -0.449 e. The van der Waals surface area contributed by atoms with Crippen molar-refractivity contribution < 1.29 is 9.53 Å². The van der Waals surface area contributed by atoms with Gasteiger partial charge in [-0.3, -0.25) is 5.32 Å². The van der Waals surface area contributed by atoms with Crippen molar-refractivity contribution in [2.75, 3.05) is 19.7 Å². The number of unbranched alkanes of at least 4 members (excludes halogenated alkanes) is 1. The summed E-state index contributed by atoms with van der Waals surface area (Å²) in [6.07, 6.45) is 1.43. The summed E-state index contributed by atoms with van der Waals surface area (Å²) >= 11 is 5.04. The molecule has 5 heteroatoms. The van der Waals surface area contributed by atoms with Crippen molar-refractivity contribution in [3.05, 3.63) is 0 Å². The second-order valence-electron chi connectivity index (χ2n) is 3.09. The van der Waals surface area contributed by atoms with E-state index in [0.717, 1.165) is 25.9 Å². The van der Waals surface area contributed by atoms with Crippen LogP contribution >= 0.6 is 12.2 Å².